The van der Waals surface area contributed by atoms with Gasteiger partial charge in [0, 0.05) is 33.8 Å². The zero-order valence-corrected chi connectivity index (χ0v) is 17.5. The van der Waals surface area contributed by atoms with Gasteiger partial charge >= 0.3 is 0 Å². The number of ether oxygens (including phenoxy) is 2. The molecule has 0 aliphatic carbocycles. The number of nitrogens with one attached hydrogen (secondary N) is 2. The lowest BCUT2D eigenvalue weighted by molar-refractivity contribution is 0.0935. The van der Waals surface area contributed by atoms with Gasteiger partial charge in [-0.2, -0.15) is 5.10 Å². The SMILES string of the molecule is COc1ccc(-n2cc(C(C)NC(=O)c3cc4cc(Cl)ccc4[nH]3)cn2)cc1OC. The third kappa shape index (κ3) is 3.84. The summed E-state index contributed by atoms with van der Waals surface area (Å²) in [5, 5.41) is 8.92. The first-order valence-corrected chi connectivity index (χ1v) is 9.72. The first kappa shape index (κ1) is 19.8. The van der Waals surface area contributed by atoms with Crippen LogP contribution in [-0.4, -0.2) is 34.9 Å². The van der Waals surface area contributed by atoms with Crippen molar-refractivity contribution in [1.29, 1.82) is 0 Å². The molecule has 0 spiro atoms. The number of methoxy groups -OCH3 is 2. The van der Waals surface area contributed by atoms with Crippen LogP contribution in [0.25, 0.3) is 16.6 Å². The van der Waals surface area contributed by atoms with Crippen molar-refractivity contribution in [3.63, 3.8) is 0 Å². The third-order valence-corrected chi connectivity index (χ3v) is 5.14. The molecule has 1 atom stereocenters. The minimum absolute atomic E-state index is 0.200. The summed E-state index contributed by atoms with van der Waals surface area (Å²) in [6.07, 6.45) is 3.60. The van der Waals surface area contributed by atoms with Gasteiger partial charge in [-0.05, 0) is 43.3 Å². The normalized spacial score (nSPS) is 12.0. The number of hydrogen-bond donors (Lipinski definition) is 2. The molecule has 0 saturated carbocycles. The molecule has 7 nitrogen and oxygen atoms in total. The van der Waals surface area contributed by atoms with E-state index in [4.69, 9.17) is 21.1 Å². The lowest BCUT2D eigenvalue weighted by Crippen LogP contribution is -2.26. The number of nitrogens with zero attached hydrogens (tertiary/aromatic N) is 2. The molecule has 0 bridgehead atoms. The van der Waals surface area contributed by atoms with Gasteiger partial charge in [-0.25, -0.2) is 4.68 Å². The highest BCUT2D eigenvalue weighted by atomic mass is 35.5. The van der Waals surface area contributed by atoms with Crippen molar-refractivity contribution < 1.29 is 14.3 Å². The first-order valence-electron chi connectivity index (χ1n) is 9.34. The number of rotatable bonds is 6. The Balaban J connectivity index is 1.51. The van der Waals surface area contributed by atoms with Crippen LogP contribution in [0, 0.1) is 0 Å². The summed E-state index contributed by atoms with van der Waals surface area (Å²) in [5.74, 6) is 1.06. The van der Waals surface area contributed by atoms with E-state index >= 15 is 0 Å². The van der Waals surface area contributed by atoms with Crippen molar-refractivity contribution in [3.8, 4) is 17.2 Å². The van der Waals surface area contributed by atoms with E-state index in [-0.39, 0.29) is 11.9 Å². The van der Waals surface area contributed by atoms with Crippen LogP contribution < -0.4 is 14.8 Å². The van der Waals surface area contributed by atoms with E-state index in [1.807, 2.05) is 43.5 Å². The minimum Gasteiger partial charge on any atom is -0.493 e. The smallest absolute Gasteiger partial charge is 0.268 e. The Bertz CT molecular complexity index is 1210. The fourth-order valence-corrected chi connectivity index (χ4v) is 3.43. The molecular formula is C22H21ClN4O3. The van der Waals surface area contributed by atoms with Gasteiger partial charge in [0.25, 0.3) is 5.91 Å². The zero-order valence-electron chi connectivity index (χ0n) is 16.8. The van der Waals surface area contributed by atoms with Crippen LogP contribution in [0.15, 0.2) is 54.9 Å². The van der Waals surface area contributed by atoms with Crippen LogP contribution in [0.1, 0.15) is 29.0 Å². The average Bonchev–Trinajstić information content (AvgIpc) is 3.40. The molecule has 8 heteroatoms. The molecule has 0 aliphatic heterocycles. The topological polar surface area (TPSA) is 81.2 Å². The highest BCUT2D eigenvalue weighted by Gasteiger charge is 2.16. The molecule has 2 N–H and O–H groups in total. The number of benzene rings is 2. The minimum atomic E-state index is -0.235. The van der Waals surface area contributed by atoms with Gasteiger partial charge in [0.05, 0.1) is 32.1 Å². The molecule has 0 fully saturated rings. The molecule has 4 rings (SSSR count). The number of H-pyrrole nitrogens is 1. The molecule has 0 saturated heterocycles. The molecule has 0 radical (unpaired) electrons. The second-order valence-electron chi connectivity index (χ2n) is 6.87. The lowest BCUT2D eigenvalue weighted by atomic mass is 10.2. The summed E-state index contributed by atoms with van der Waals surface area (Å²) in [7, 11) is 3.18. The number of aromatic amines is 1. The summed E-state index contributed by atoms with van der Waals surface area (Å²) in [6, 6.07) is 12.6. The van der Waals surface area contributed by atoms with Crippen molar-refractivity contribution in [1.82, 2.24) is 20.1 Å². The highest BCUT2D eigenvalue weighted by molar-refractivity contribution is 6.31. The van der Waals surface area contributed by atoms with Gasteiger partial charge in [-0.15, -0.1) is 0 Å². The molecular weight excluding hydrogens is 404 g/mol. The molecule has 4 aromatic rings. The molecule has 30 heavy (non-hydrogen) atoms. The Morgan fingerprint density at radius 3 is 2.70 bits per heavy atom. The Labute approximate surface area is 178 Å². The maximum absolute atomic E-state index is 12.7. The summed E-state index contributed by atoms with van der Waals surface area (Å²) in [4.78, 5) is 15.8. The van der Waals surface area contributed by atoms with Crippen LogP contribution in [0.5, 0.6) is 11.5 Å². The van der Waals surface area contributed by atoms with E-state index in [1.165, 1.54) is 0 Å². The number of fused-ring (bicyclic) bond motifs is 1. The van der Waals surface area contributed by atoms with Gasteiger partial charge in [0.2, 0.25) is 0 Å². The Hall–Kier alpha value is -3.45. The predicted molar refractivity (Wildman–Crippen MR) is 116 cm³/mol. The van der Waals surface area contributed by atoms with E-state index in [0.717, 1.165) is 22.2 Å². The van der Waals surface area contributed by atoms with Gasteiger partial charge in [-0.1, -0.05) is 11.6 Å². The number of aromatic nitrogens is 3. The molecule has 2 aromatic carbocycles. The summed E-state index contributed by atoms with van der Waals surface area (Å²) < 4.78 is 12.4. The number of carbonyl (C=O) groups excluding carboxylic acids is 1. The quantitative estimate of drug-likeness (QED) is 0.477. The summed E-state index contributed by atoms with van der Waals surface area (Å²) in [6.45, 7) is 1.91. The van der Waals surface area contributed by atoms with E-state index in [1.54, 1.807) is 37.2 Å². The standard InChI is InChI=1S/C22H21ClN4O3/c1-13(25-22(28)19-9-14-8-16(23)4-6-18(14)26-19)15-11-24-27(12-15)17-5-7-20(29-2)21(10-17)30-3/h4-13,26H,1-3H3,(H,25,28). The Morgan fingerprint density at radius 2 is 1.93 bits per heavy atom. The number of carbonyl (C=O) groups is 1. The number of halogens is 1. The second-order valence-corrected chi connectivity index (χ2v) is 7.30. The summed E-state index contributed by atoms with van der Waals surface area (Å²) >= 11 is 6.02. The molecule has 2 heterocycles. The van der Waals surface area contributed by atoms with Crippen LogP contribution in [-0.2, 0) is 0 Å². The Morgan fingerprint density at radius 1 is 1.13 bits per heavy atom. The molecule has 1 amide bonds. The largest absolute Gasteiger partial charge is 0.493 e. The molecule has 0 aliphatic rings. The van der Waals surface area contributed by atoms with Gasteiger partial charge < -0.3 is 19.8 Å². The van der Waals surface area contributed by atoms with E-state index in [9.17, 15) is 4.79 Å². The van der Waals surface area contributed by atoms with Gasteiger partial charge in [-0.3, -0.25) is 4.79 Å². The maximum atomic E-state index is 12.7. The van der Waals surface area contributed by atoms with Crippen molar-refractivity contribution in [3.05, 3.63) is 71.1 Å². The lowest BCUT2D eigenvalue weighted by Gasteiger charge is -2.11. The van der Waals surface area contributed by atoms with Crippen molar-refractivity contribution in [2.24, 2.45) is 0 Å². The molecule has 2 aromatic heterocycles. The maximum Gasteiger partial charge on any atom is 0.268 e. The monoisotopic (exact) mass is 424 g/mol. The van der Waals surface area contributed by atoms with E-state index in [0.29, 0.717) is 22.2 Å². The Kier molecular flexibility index (Phi) is 5.37. The zero-order chi connectivity index (χ0) is 21.3. The fraction of sp³-hybridized carbons (Fsp3) is 0.182. The number of hydrogen-bond acceptors (Lipinski definition) is 4. The molecule has 1 unspecified atom stereocenters. The third-order valence-electron chi connectivity index (χ3n) is 4.91. The van der Waals surface area contributed by atoms with E-state index in [2.05, 4.69) is 15.4 Å². The van der Waals surface area contributed by atoms with Crippen LogP contribution in [0.3, 0.4) is 0 Å². The second kappa shape index (κ2) is 8.12. The highest BCUT2D eigenvalue weighted by Crippen LogP contribution is 2.29. The van der Waals surface area contributed by atoms with Crippen LogP contribution in [0.4, 0.5) is 0 Å². The van der Waals surface area contributed by atoms with Crippen molar-refractivity contribution in [2.45, 2.75) is 13.0 Å². The van der Waals surface area contributed by atoms with Crippen LogP contribution >= 0.6 is 11.6 Å². The average molecular weight is 425 g/mol. The summed E-state index contributed by atoms with van der Waals surface area (Å²) in [5.41, 5.74) is 3.03. The van der Waals surface area contributed by atoms with Crippen LogP contribution in [0.2, 0.25) is 5.02 Å². The van der Waals surface area contributed by atoms with Gasteiger partial charge in [0.1, 0.15) is 5.69 Å². The van der Waals surface area contributed by atoms with Crippen molar-refractivity contribution in [2.75, 3.05) is 14.2 Å². The fourth-order valence-electron chi connectivity index (χ4n) is 3.25. The predicted octanol–water partition coefficient (Wildman–Crippen LogP) is 4.52. The van der Waals surface area contributed by atoms with Gasteiger partial charge in [0.15, 0.2) is 11.5 Å². The number of amides is 1. The van der Waals surface area contributed by atoms with Crippen molar-refractivity contribution >= 4 is 28.4 Å². The first-order chi connectivity index (χ1) is 14.5. The molecule has 154 valence electrons. The van der Waals surface area contributed by atoms with E-state index < -0.39 is 0 Å².